The number of benzene rings is 1. The number of nitrogens with zero attached hydrogens (tertiary/aromatic N) is 3. The zero-order valence-electron chi connectivity index (χ0n) is 17.4. The number of nitrogens with one attached hydrogen (secondary N) is 1. The third-order valence-corrected chi connectivity index (χ3v) is 5.67. The van der Waals surface area contributed by atoms with E-state index in [1.165, 1.54) is 12.1 Å². The van der Waals surface area contributed by atoms with Crippen molar-refractivity contribution in [2.45, 2.75) is 44.9 Å². The number of amides is 2. The summed E-state index contributed by atoms with van der Waals surface area (Å²) in [6, 6.07) is 5.51. The molecule has 166 valence electrons. The number of piperazine rings is 1. The number of anilines is 1. The lowest BCUT2D eigenvalue weighted by molar-refractivity contribution is -0.147. The predicted octanol–water partition coefficient (Wildman–Crippen LogP) is 2.34. The zero-order valence-corrected chi connectivity index (χ0v) is 17.4. The predicted molar refractivity (Wildman–Crippen MR) is 108 cm³/mol. The topological polar surface area (TPSA) is 55.9 Å². The first-order valence-corrected chi connectivity index (χ1v) is 10.4. The molecule has 1 atom stereocenters. The highest BCUT2D eigenvalue weighted by atomic mass is 19.4. The lowest BCUT2D eigenvalue weighted by atomic mass is 10.0. The summed E-state index contributed by atoms with van der Waals surface area (Å²) in [7, 11) is 0. The fraction of sp³-hybridized carbons (Fsp3) is 0.619. The summed E-state index contributed by atoms with van der Waals surface area (Å²) >= 11 is 0. The summed E-state index contributed by atoms with van der Waals surface area (Å²) in [4.78, 5) is 30.3. The van der Waals surface area contributed by atoms with Crippen LogP contribution in [0.15, 0.2) is 24.3 Å². The fourth-order valence-corrected chi connectivity index (χ4v) is 4.13. The minimum Gasteiger partial charge on any atom is -0.369 e. The van der Waals surface area contributed by atoms with Crippen molar-refractivity contribution in [2.24, 2.45) is 0 Å². The first-order valence-electron chi connectivity index (χ1n) is 10.4. The Morgan fingerprint density at radius 1 is 1.10 bits per heavy atom. The Balaban J connectivity index is 1.56. The zero-order chi connectivity index (χ0) is 21.9. The lowest BCUT2D eigenvalue weighted by Crippen LogP contribution is -2.57. The van der Waals surface area contributed by atoms with Gasteiger partial charge in [-0.2, -0.15) is 13.2 Å². The van der Waals surface area contributed by atoms with E-state index in [0.29, 0.717) is 45.0 Å². The molecule has 0 saturated carbocycles. The van der Waals surface area contributed by atoms with E-state index in [-0.39, 0.29) is 12.1 Å². The first kappa shape index (κ1) is 22.4. The number of carbonyl (C=O) groups excluding carboxylic acids is 2. The maximum atomic E-state index is 13.0. The van der Waals surface area contributed by atoms with Crippen LogP contribution >= 0.6 is 0 Å². The average molecular weight is 426 g/mol. The summed E-state index contributed by atoms with van der Waals surface area (Å²) in [5, 5.41) is 2.64. The molecule has 0 radical (unpaired) electrons. The number of piperidine rings is 1. The molecular weight excluding hydrogens is 397 g/mol. The van der Waals surface area contributed by atoms with Gasteiger partial charge in [0.2, 0.25) is 0 Å². The van der Waals surface area contributed by atoms with Crippen LogP contribution in [0.1, 0.15) is 32.3 Å². The van der Waals surface area contributed by atoms with Gasteiger partial charge in [0.1, 0.15) is 0 Å². The molecule has 1 aromatic carbocycles. The van der Waals surface area contributed by atoms with Crippen molar-refractivity contribution in [1.29, 1.82) is 0 Å². The smallest absolute Gasteiger partial charge is 0.369 e. The standard InChI is InChI=1S/C21H29F3N4O2/c1-15(2)25-19(29)20(30)28-8-4-7-18(14-28)27-11-9-26(10-12-27)17-6-3-5-16(13-17)21(22,23)24/h3,5-6,13,15,18H,4,7-12,14H2,1-2H3,(H,25,29)/t18-/m0/s1. The van der Waals surface area contributed by atoms with Crippen LogP contribution in [-0.2, 0) is 15.8 Å². The van der Waals surface area contributed by atoms with E-state index in [1.807, 2.05) is 18.7 Å². The van der Waals surface area contributed by atoms with Crippen molar-refractivity contribution in [3.8, 4) is 0 Å². The minimum atomic E-state index is -4.35. The number of rotatable bonds is 3. The van der Waals surface area contributed by atoms with E-state index >= 15 is 0 Å². The van der Waals surface area contributed by atoms with Crippen LogP contribution in [0.5, 0.6) is 0 Å². The quantitative estimate of drug-likeness (QED) is 0.754. The van der Waals surface area contributed by atoms with Crippen LogP contribution < -0.4 is 10.2 Å². The fourth-order valence-electron chi connectivity index (χ4n) is 4.13. The van der Waals surface area contributed by atoms with Gasteiger partial charge in [0.05, 0.1) is 5.56 Å². The third-order valence-electron chi connectivity index (χ3n) is 5.67. The van der Waals surface area contributed by atoms with Gasteiger partial charge in [-0.3, -0.25) is 14.5 Å². The second kappa shape index (κ2) is 9.24. The number of carbonyl (C=O) groups is 2. The molecule has 2 amide bonds. The summed E-state index contributed by atoms with van der Waals surface area (Å²) in [6.07, 6.45) is -2.57. The van der Waals surface area contributed by atoms with Crippen LogP contribution in [0.3, 0.4) is 0 Å². The Morgan fingerprint density at radius 3 is 2.43 bits per heavy atom. The second-order valence-electron chi connectivity index (χ2n) is 8.25. The molecule has 30 heavy (non-hydrogen) atoms. The molecule has 2 saturated heterocycles. The van der Waals surface area contributed by atoms with Gasteiger partial charge in [-0.05, 0) is 44.9 Å². The molecule has 0 aromatic heterocycles. The van der Waals surface area contributed by atoms with Crippen LogP contribution in [0.4, 0.5) is 18.9 Å². The van der Waals surface area contributed by atoms with Crippen LogP contribution in [0.2, 0.25) is 0 Å². The highest BCUT2D eigenvalue weighted by Gasteiger charge is 2.33. The largest absolute Gasteiger partial charge is 0.416 e. The van der Waals surface area contributed by atoms with Gasteiger partial charge < -0.3 is 15.1 Å². The molecule has 0 bridgehead atoms. The molecule has 6 nitrogen and oxygen atoms in total. The van der Waals surface area contributed by atoms with Gasteiger partial charge >= 0.3 is 18.0 Å². The van der Waals surface area contributed by atoms with Crippen molar-refractivity contribution >= 4 is 17.5 Å². The normalized spacial score (nSPS) is 21.1. The van der Waals surface area contributed by atoms with E-state index in [1.54, 1.807) is 11.0 Å². The summed E-state index contributed by atoms with van der Waals surface area (Å²) in [6.45, 7) is 7.38. The molecule has 2 fully saturated rings. The Labute approximate surface area is 175 Å². The SMILES string of the molecule is CC(C)NC(=O)C(=O)N1CCC[C@H](N2CCN(c3cccc(C(F)(F)F)c3)CC2)C1. The van der Waals surface area contributed by atoms with E-state index in [9.17, 15) is 22.8 Å². The molecule has 0 aliphatic carbocycles. The van der Waals surface area contributed by atoms with Gasteiger partial charge in [-0.1, -0.05) is 6.07 Å². The van der Waals surface area contributed by atoms with E-state index in [4.69, 9.17) is 0 Å². The van der Waals surface area contributed by atoms with Crippen molar-refractivity contribution < 1.29 is 22.8 Å². The van der Waals surface area contributed by atoms with Gasteiger partial charge in [-0.15, -0.1) is 0 Å². The third kappa shape index (κ3) is 5.44. The molecule has 0 spiro atoms. The number of likely N-dealkylation sites (tertiary alicyclic amines) is 1. The first-order chi connectivity index (χ1) is 14.1. The van der Waals surface area contributed by atoms with Crippen molar-refractivity contribution in [1.82, 2.24) is 15.1 Å². The molecular formula is C21H29F3N4O2. The number of halogens is 3. The summed E-state index contributed by atoms with van der Waals surface area (Å²) in [5.41, 5.74) is -0.0566. The van der Waals surface area contributed by atoms with Gasteiger partial charge in [-0.25, -0.2) is 0 Å². The molecule has 0 unspecified atom stereocenters. The van der Waals surface area contributed by atoms with E-state index in [0.717, 1.165) is 18.9 Å². The Kier molecular flexibility index (Phi) is 6.90. The maximum absolute atomic E-state index is 13.0. The van der Waals surface area contributed by atoms with Crippen molar-refractivity contribution in [3.63, 3.8) is 0 Å². The average Bonchev–Trinajstić information content (AvgIpc) is 2.72. The maximum Gasteiger partial charge on any atom is 0.416 e. The van der Waals surface area contributed by atoms with E-state index in [2.05, 4.69) is 10.2 Å². The Hall–Kier alpha value is -2.29. The van der Waals surface area contributed by atoms with Crippen LogP contribution in [0, 0.1) is 0 Å². The van der Waals surface area contributed by atoms with Gasteiger partial charge in [0, 0.05) is 57.0 Å². The number of hydrogen-bond donors (Lipinski definition) is 1. The molecule has 9 heteroatoms. The van der Waals surface area contributed by atoms with Crippen molar-refractivity contribution in [3.05, 3.63) is 29.8 Å². The van der Waals surface area contributed by atoms with Crippen LogP contribution in [-0.4, -0.2) is 73.0 Å². The Bertz CT molecular complexity index is 761. The summed E-state index contributed by atoms with van der Waals surface area (Å²) in [5.74, 6) is -1.06. The van der Waals surface area contributed by atoms with E-state index < -0.39 is 23.6 Å². The second-order valence-corrected chi connectivity index (χ2v) is 8.25. The van der Waals surface area contributed by atoms with Crippen LogP contribution in [0.25, 0.3) is 0 Å². The highest BCUT2D eigenvalue weighted by Crippen LogP contribution is 2.32. The molecule has 3 rings (SSSR count). The van der Waals surface area contributed by atoms with Crippen molar-refractivity contribution in [2.75, 3.05) is 44.2 Å². The van der Waals surface area contributed by atoms with Gasteiger partial charge in [0.15, 0.2) is 0 Å². The minimum absolute atomic E-state index is 0.0917. The highest BCUT2D eigenvalue weighted by molar-refractivity contribution is 6.35. The molecule has 2 aliphatic rings. The molecule has 2 heterocycles. The molecule has 1 N–H and O–H groups in total. The lowest BCUT2D eigenvalue weighted by Gasteiger charge is -2.43. The summed E-state index contributed by atoms with van der Waals surface area (Å²) < 4.78 is 38.9. The number of alkyl halides is 3. The number of hydrogen-bond acceptors (Lipinski definition) is 4. The molecule has 2 aliphatic heterocycles. The monoisotopic (exact) mass is 426 g/mol. The van der Waals surface area contributed by atoms with Gasteiger partial charge in [0.25, 0.3) is 0 Å². The molecule has 1 aromatic rings. The Morgan fingerprint density at radius 2 is 1.80 bits per heavy atom.